The Hall–Kier alpha value is -0.220. The minimum atomic E-state index is -0.796. The van der Waals surface area contributed by atoms with E-state index in [0.717, 1.165) is 0 Å². The Labute approximate surface area is 97.0 Å². The van der Waals surface area contributed by atoms with Crippen molar-refractivity contribution >= 4 is 17.7 Å². The SMILES string of the molecule is CCNC(C)(CC(C)SC(C)C)C(=O)O. The molecule has 0 aromatic rings. The zero-order valence-corrected chi connectivity index (χ0v) is 11.1. The molecule has 0 aromatic heterocycles. The van der Waals surface area contributed by atoms with Crippen molar-refractivity contribution in [3.05, 3.63) is 0 Å². The lowest BCUT2D eigenvalue weighted by atomic mass is 9.96. The third-order valence-electron chi connectivity index (χ3n) is 2.24. The number of carboxylic acids is 1. The summed E-state index contributed by atoms with van der Waals surface area (Å²) < 4.78 is 0. The second-order valence-corrected chi connectivity index (χ2v) is 6.39. The van der Waals surface area contributed by atoms with Crippen LogP contribution in [-0.2, 0) is 4.79 Å². The lowest BCUT2D eigenvalue weighted by molar-refractivity contribution is -0.144. The van der Waals surface area contributed by atoms with E-state index in [1.807, 2.05) is 18.7 Å². The molecule has 0 heterocycles. The van der Waals surface area contributed by atoms with Gasteiger partial charge in [0.15, 0.2) is 0 Å². The summed E-state index contributed by atoms with van der Waals surface area (Å²) in [5, 5.41) is 13.1. The maximum atomic E-state index is 11.2. The molecule has 0 aliphatic heterocycles. The highest BCUT2D eigenvalue weighted by Gasteiger charge is 2.33. The van der Waals surface area contributed by atoms with Gasteiger partial charge >= 0.3 is 5.97 Å². The number of thioether (sulfide) groups is 1. The van der Waals surface area contributed by atoms with Crippen molar-refractivity contribution in [3.8, 4) is 0 Å². The summed E-state index contributed by atoms with van der Waals surface area (Å²) in [7, 11) is 0. The lowest BCUT2D eigenvalue weighted by Crippen LogP contribution is -2.50. The number of carbonyl (C=O) groups is 1. The van der Waals surface area contributed by atoms with Crippen molar-refractivity contribution in [1.29, 1.82) is 0 Å². The third kappa shape index (κ3) is 5.42. The normalized spacial score (nSPS) is 17.5. The van der Waals surface area contributed by atoms with Crippen LogP contribution in [0, 0.1) is 0 Å². The minimum absolute atomic E-state index is 0.352. The smallest absolute Gasteiger partial charge is 0.323 e. The van der Waals surface area contributed by atoms with Crippen molar-refractivity contribution in [3.63, 3.8) is 0 Å². The van der Waals surface area contributed by atoms with Gasteiger partial charge in [0, 0.05) is 5.25 Å². The van der Waals surface area contributed by atoms with Gasteiger partial charge in [-0.15, -0.1) is 0 Å². The zero-order valence-electron chi connectivity index (χ0n) is 10.3. The molecule has 2 atom stereocenters. The van der Waals surface area contributed by atoms with Crippen LogP contribution < -0.4 is 5.32 Å². The third-order valence-corrected chi connectivity index (χ3v) is 3.41. The minimum Gasteiger partial charge on any atom is -0.480 e. The molecule has 0 rings (SSSR count). The Morgan fingerprint density at radius 2 is 2.00 bits per heavy atom. The average Bonchev–Trinajstić information content (AvgIpc) is 2.01. The van der Waals surface area contributed by atoms with Crippen molar-refractivity contribution in [2.45, 2.75) is 57.1 Å². The molecule has 2 unspecified atom stereocenters. The molecule has 0 amide bonds. The largest absolute Gasteiger partial charge is 0.480 e. The molecule has 0 aliphatic carbocycles. The van der Waals surface area contributed by atoms with Crippen LogP contribution in [0.25, 0.3) is 0 Å². The molecule has 0 radical (unpaired) electrons. The highest BCUT2D eigenvalue weighted by molar-refractivity contribution is 8.00. The fourth-order valence-electron chi connectivity index (χ4n) is 1.71. The number of aliphatic carboxylic acids is 1. The first-order chi connectivity index (χ1) is 6.81. The van der Waals surface area contributed by atoms with E-state index in [9.17, 15) is 9.90 Å². The summed E-state index contributed by atoms with van der Waals surface area (Å²) in [5.74, 6) is -0.763. The van der Waals surface area contributed by atoms with Gasteiger partial charge in [-0.1, -0.05) is 27.7 Å². The number of hydrogen-bond donors (Lipinski definition) is 2. The fourth-order valence-corrected chi connectivity index (χ4v) is 3.07. The second kappa shape index (κ2) is 6.38. The highest BCUT2D eigenvalue weighted by Crippen LogP contribution is 2.25. The van der Waals surface area contributed by atoms with E-state index in [0.29, 0.717) is 23.5 Å². The van der Waals surface area contributed by atoms with E-state index in [1.165, 1.54) is 0 Å². The van der Waals surface area contributed by atoms with Crippen LogP contribution >= 0.6 is 11.8 Å². The van der Waals surface area contributed by atoms with Crippen molar-refractivity contribution in [2.75, 3.05) is 6.54 Å². The van der Waals surface area contributed by atoms with Crippen LogP contribution in [0.1, 0.15) is 41.0 Å². The van der Waals surface area contributed by atoms with Crippen LogP contribution in [0.2, 0.25) is 0 Å². The Bertz CT molecular complexity index is 209. The van der Waals surface area contributed by atoms with Gasteiger partial charge in [-0.2, -0.15) is 11.8 Å². The van der Waals surface area contributed by atoms with Crippen molar-refractivity contribution < 1.29 is 9.90 Å². The van der Waals surface area contributed by atoms with Crippen LogP contribution in [0.3, 0.4) is 0 Å². The van der Waals surface area contributed by atoms with Gasteiger partial charge in [0.05, 0.1) is 0 Å². The summed E-state index contributed by atoms with van der Waals surface area (Å²) >= 11 is 1.82. The van der Waals surface area contributed by atoms with E-state index in [2.05, 4.69) is 26.1 Å². The van der Waals surface area contributed by atoms with Crippen LogP contribution in [0.4, 0.5) is 0 Å². The van der Waals surface area contributed by atoms with E-state index in [-0.39, 0.29) is 0 Å². The van der Waals surface area contributed by atoms with Gasteiger partial charge in [0.25, 0.3) is 0 Å². The van der Waals surface area contributed by atoms with E-state index in [1.54, 1.807) is 6.92 Å². The number of nitrogens with one attached hydrogen (secondary N) is 1. The molecule has 0 aliphatic rings. The molecule has 4 heteroatoms. The quantitative estimate of drug-likeness (QED) is 0.709. The molecular weight excluding hydrogens is 210 g/mol. The predicted molar refractivity (Wildman–Crippen MR) is 66.5 cm³/mol. The molecule has 15 heavy (non-hydrogen) atoms. The van der Waals surface area contributed by atoms with E-state index in [4.69, 9.17) is 0 Å². The van der Waals surface area contributed by atoms with Gasteiger partial charge < -0.3 is 10.4 Å². The number of rotatable bonds is 7. The summed E-state index contributed by atoms with van der Waals surface area (Å²) in [6.07, 6.45) is 0.652. The lowest BCUT2D eigenvalue weighted by Gasteiger charge is -2.29. The molecule has 0 fully saturated rings. The van der Waals surface area contributed by atoms with Gasteiger partial charge in [-0.3, -0.25) is 4.79 Å². The predicted octanol–water partition coefficient (Wildman–Crippen LogP) is 2.36. The maximum Gasteiger partial charge on any atom is 0.323 e. The average molecular weight is 233 g/mol. The standard InChI is InChI=1S/C11H23NO2S/c1-6-12-11(5,10(13)14)7-9(4)15-8(2)3/h8-9,12H,6-7H2,1-5H3,(H,13,14). The first-order valence-corrected chi connectivity index (χ1v) is 6.40. The Balaban J connectivity index is 4.34. The molecule has 3 nitrogen and oxygen atoms in total. The zero-order chi connectivity index (χ0) is 12.1. The first kappa shape index (κ1) is 14.8. The Morgan fingerprint density at radius 1 is 1.47 bits per heavy atom. The summed E-state index contributed by atoms with van der Waals surface area (Å²) in [4.78, 5) is 11.2. The Kier molecular flexibility index (Phi) is 6.29. The van der Waals surface area contributed by atoms with Gasteiger partial charge in [0.2, 0.25) is 0 Å². The second-order valence-electron chi connectivity index (χ2n) is 4.37. The molecular formula is C11H23NO2S. The van der Waals surface area contributed by atoms with Crippen molar-refractivity contribution in [2.24, 2.45) is 0 Å². The monoisotopic (exact) mass is 233 g/mol. The Morgan fingerprint density at radius 3 is 2.33 bits per heavy atom. The summed E-state index contributed by atoms with van der Waals surface area (Å²) in [6.45, 7) is 10.7. The van der Waals surface area contributed by atoms with E-state index >= 15 is 0 Å². The summed E-state index contributed by atoms with van der Waals surface area (Å²) in [6, 6.07) is 0. The molecule has 2 N–H and O–H groups in total. The maximum absolute atomic E-state index is 11.2. The first-order valence-electron chi connectivity index (χ1n) is 5.45. The molecule has 90 valence electrons. The van der Waals surface area contributed by atoms with E-state index < -0.39 is 11.5 Å². The number of carboxylic acid groups (broad SMARTS) is 1. The fraction of sp³-hybridized carbons (Fsp3) is 0.909. The van der Waals surface area contributed by atoms with Crippen molar-refractivity contribution in [1.82, 2.24) is 5.32 Å². The number of hydrogen-bond acceptors (Lipinski definition) is 3. The van der Waals surface area contributed by atoms with Gasteiger partial charge in [-0.25, -0.2) is 0 Å². The molecule has 0 spiro atoms. The molecule has 0 saturated heterocycles. The van der Waals surface area contributed by atoms with Crippen LogP contribution in [0.15, 0.2) is 0 Å². The van der Waals surface area contributed by atoms with Gasteiger partial charge in [0.1, 0.15) is 5.54 Å². The van der Waals surface area contributed by atoms with Gasteiger partial charge in [-0.05, 0) is 25.1 Å². The molecule has 0 saturated carbocycles. The molecule has 0 aromatic carbocycles. The summed E-state index contributed by atoms with van der Waals surface area (Å²) in [5.41, 5.74) is -0.796. The highest BCUT2D eigenvalue weighted by atomic mass is 32.2. The topological polar surface area (TPSA) is 49.3 Å². The molecule has 0 bridgehead atoms. The van der Waals surface area contributed by atoms with Crippen LogP contribution in [-0.4, -0.2) is 33.7 Å². The van der Waals surface area contributed by atoms with Crippen LogP contribution in [0.5, 0.6) is 0 Å². The number of likely N-dealkylation sites (N-methyl/N-ethyl adjacent to an activating group) is 1.